The number of aliphatic hydroxyl groups is 1. The minimum Gasteiger partial charge on any atom is -0.493 e. The first kappa shape index (κ1) is 83.6. The van der Waals surface area contributed by atoms with E-state index in [1.165, 1.54) is 51.3 Å². The van der Waals surface area contributed by atoms with Gasteiger partial charge in [0.25, 0.3) is 31.7 Å². The second kappa shape index (κ2) is 34.3. The van der Waals surface area contributed by atoms with Crippen LogP contribution in [0.15, 0.2) is 122 Å². The van der Waals surface area contributed by atoms with Crippen LogP contribution < -0.4 is 30.3 Å². The summed E-state index contributed by atoms with van der Waals surface area (Å²) < 4.78 is 149. The molecule has 0 unspecified atom stereocenters. The number of hydrogen-bond donors (Lipinski definition) is 5. The van der Waals surface area contributed by atoms with Crippen molar-refractivity contribution >= 4 is 78.0 Å². The number of alkyl halides is 6. The summed E-state index contributed by atoms with van der Waals surface area (Å²) in [6, 6.07) is 21.2. The number of likely N-dealkylation sites (tertiary alicyclic amines) is 1. The molecule has 4 atom stereocenters. The van der Waals surface area contributed by atoms with Gasteiger partial charge in [-0.1, -0.05) is 102 Å². The molecule has 606 valence electrons. The van der Waals surface area contributed by atoms with Crippen molar-refractivity contribution in [2.45, 2.75) is 207 Å². The van der Waals surface area contributed by atoms with E-state index < -0.39 is 112 Å². The molecule has 4 saturated carbocycles. The van der Waals surface area contributed by atoms with Gasteiger partial charge in [-0.25, -0.2) is 39.7 Å². The average molecular weight is 1620 g/mol. The molecule has 0 radical (unpaired) electrons. The van der Waals surface area contributed by atoms with Crippen LogP contribution in [0.4, 0.5) is 37.7 Å². The SMILES string of the molecule is Cc1ncsc1-c1ccc(CNC(=O)[C@@H]2C[C@@H](O)CN2C(=O)[C@@H](NC(=O)C2(F)CC2)C(C)(C)C)c(OCCCCCCCCN2CCN(CC[C@H](CSc3ccccc3)Nc3ccc(S(=O)(=O)NC(=O)c4ccc(N5CCN(CC6=C(C78CC(C(F)F)(C7)C8)CC(C)(C)CC6)CC5)cc4)cc3S(=O)(=O)C(F)(F)F)CC2)c1. The van der Waals surface area contributed by atoms with E-state index >= 15 is 0 Å². The zero-order chi connectivity index (χ0) is 79.5. The second-order valence-electron chi connectivity index (χ2n) is 33.6. The van der Waals surface area contributed by atoms with Crippen LogP contribution in [-0.4, -0.2) is 203 Å². The van der Waals surface area contributed by atoms with Crippen molar-refractivity contribution in [3.8, 4) is 16.2 Å². The first-order valence-electron chi connectivity index (χ1n) is 38.9. The summed E-state index contributed by atoms with van der Waals surface area (Å²) in [7, 11) is -11.1. The number of carbonyl (C=O) groups is 4. The Morgan fingerprint density at radius 1 is 0.793 bits per heavy atom. The van der Waals surface area contributed by atoms with Crippen molar-refractivity contribution in [1.82, 2.24) is 39.9 Å². The third-order valence-corrected chi connectivity index (χ3v) is 28.5. The van der Waals surface area contributed by atoms with Crippen LogP contribution in [0.1, 0.15) is 159 Å². The van der Waals surface area contributed by atoms with Crippen LogP contribution in [0.3, 0.4) is 0 Å². The maximum Gasteiger partial charge on any atom is 0.501 e. The summed E-state index contributed by atoms with van der Waals surface area (Å²) >= 11 is 2.95. The van der Waals surface area contributed by atoms with E-state index in [0.717, 1.165) is 149 Å². The lowest BCUT2D eigenvalue weighted by Crippen LogP contribution is -2.66. The summed E-state index contributed by atoms with van der Waals surface area (Å²) in [5, 5.41) is 19.4. The number of nitrogens with zero attached hydrogens (tertiary/aromatic N) is 6. The summed E-state index contributed by atoms with van der Waals surface area (Å²) in [5.74, 6) is -2.04. The number of hydrogen-bond acceptors (Lipinski definition) is 18. The van der Waals surface area contributed by atoms with Crippen LogP contribution in [0, 0.1) is 28.6 Å². The predicted molar refractivity (Wildman–Crippen MR) is 419 cm³/mol. The van der Waals surface area contributed by atoms with Crippen molar-refractivity contribution in [3.05, 3.63) is 124 Å². The van der Waals surface area contributed by atoms with Gasteiger partial charge in [-0.3, -0.25) is 24.1 Å². The largest absolute Gasteiger partial charge is 0.501 e. The van der Waals surface area contributed by atoms with Crippen molar-refractivity contribution in [2.75, 3.05) is 101 Å². The average Bonchev–Trinajstić information content (AvgIpc) is 0.978. The molecule has 2 bridgehead atoms. The fourth-order valence-corrected chi connectivity index (χ4v) is 20.5. The number of ether oxygens (including phenoxy) is 1. The molecule has 3 aliphatic heterocycles. The van der Waals surface area contributed by atoms with Gasteiger partial charge in [-0.15, -0.1) is 23.1 Å². The maximum absolute atomic E-state index is 14.8. The summed E-state index contributed by atoms with van der Waals surface area (Å²) in [6.45, 7) is 20.3. The van der Waals surface area contributed by atoms with Gasteiger partial charge in [0.15, 0.2) is 5.67 Å². The molecule has 0 spiro atoms. The van der Waals surface area contributed by atoms with Crippen LogP contribution in [0.5, 0.6) is 5.75 Å². The maximum atomic E-state index is 14.8. The number of thiazole rings is 1. The Balaban J connectivity index is 0.591. The molecule has 4 amide bonds. The van der Waals surface area contributed by atoms with Gasteiger partial charge in [0.05, 0.1) is 39.4 Å². The highest BCUT2D eigenvalue weighted by Crippen LogP contribution is 2.79. The smallest absolute Gasteiger partial charge is 0.493 e. The molecule has 4 heterocycles. The number of sulfonamides is 1. The van der Waals surface area contributed by atoms with E-state index in [2.05, 4.69) is 54.4 Å². The Morgan fingerprint density at radius 2 is 1.45 bits per heavy atom. The Bertz CT molecular complexity index is 4390. The van der Waals surface area contributed by atoms with Crippen LogP contribution in [0.2, 0.25) is 0 Å². The number of rotatable bonds is 34. The molecule has 4 aromatic carbocycles. The topological polar surface area (TPSA) is 243 Å². The van der Waals surface area contributed by atoms with E-state index in [1.54, 1.807) is 38.4 Å². The number of piperazine rings is 2. The first-order chi connectivity index (χ1) is 52.5. The molecule has 7 fully saturated rings. The molecule has 5 aliphatic carbocycles. The summed E-state index contributed by atoms with van der Waals surface area (Å²) in [4.78, 5) is 69.1. The zero-order valence-corrected chi connectivity index (χ0v) is 67.5. The molecule has 8 aliphatic rings. The van der Waals surface area contributed by atoms with Crippen LogP contribution in [-0.2, 0) is 40.8 Å². The molecule has 30 heteroatoms. The number of halogens is 6. The van der Waals surface area contributed by atoms with E-state index in [4.69, 9.17) is 4.74 Å². The quantitative estimate of drug-likeness (QED) is 0.0111. The molecule has 3 saturated heterocycles. The number of unbranched alkanes of at least 4 members (excludes halogenated alkanes) is 5. The Morgan fingerprint density at radius 3 is 2.09 bits per heavy atom. The van der Waals surface area contributed by atoms with Gasteiger partial charge in [-0.2, -0.15) is 13.2 Å². The number of β-amino-alcohol motifs (C(OH)–C–C–N with tert-alkyl or cyclic N) is 1. The fraction of sp³-hybridized carbons (Fsp3) is 0.593. The molecule has 20 nitrogen and oxygen atoms in total. The van der Waals surface area contributed by atoms with E-state index in [1.807, 2.05) is 60.2 Å². The molecule has 5 N–H and O–H groups in total. The normalized spacial score (nSPS) is 22.8. The van der Waals surface area contributed by atoms with Crippen LogP contribution in [0.25, 0.3) is 10.4 Å². The van der Waals surface area contributed by atoms with Crippen molar-refractivity contribution in [3.63, 3.8) is 0 Å². The Hall–Kier alpha value is -6.80. The number of amides is 4. The minimum atomic E-state index is -6.16. The number of aromatic nitrogens is 1. The molecule has 13 rings (SSSR count). The van der Waals surface area contributed by atoms with Gasteiger partial charge < -0.3 is 45.4 Å². The third kappa shape index (κ3) is 19.9. The molecular weight excluding hydrogens is 1520 g/mol. The number of nitrogens with one attached hydrogen (secondary N) is 4. The number of sulfone groups is 1. The van der Waals surface area contributed by atoms with Gasteiger partial charge in [0, 0.05) is 124 Å². The second-order valence-corrected chi connectivity index (χ2v) is 39.1. The van der Waals surface area contributed by atoms with Crippen molar-refractivity contribution < 1.29 is 72.2 Å². The third-order valence-electron chi connectivity index (χ3n) is 23.5. The number of aryl methyl sites for hydroxylation is 1. The van der Waals surface area contributed by atoms with Gasteiger partial charge in [0.1, 0.15) is 22.7 Å². The van der Waals surface area contributed by atoms with Crippen molar-refractivity contribution in [1.29, 1.82) is 0 Å². The lowest BCUT2D eigenvalue weighted by atomic mass is 9.32. The fourth-order valence-electron chi connectivity index (χ4n) is 16.7. The highest BCUT2D eigenvalue weighted by Gasteiger charge is 2.73. The van der Waals surface area contributed by atoms with Crippen molar-refractivity contribution in [2.24, 2.45) is 21.7 Å². The molecular formula is C81H106F6N10O10S4. The summed E-state index contributed by atoms with van der Waals surface area (Å²) in [5.41, 5.74) is -1.95. The Labute approximate surface area is 657 Å². The van der Waals surface area contributed by atoms with Gasteiger partial charge in [0.2, 0.25) is 18.2 Å². The number of anilines is 2. The number of aliphatic hydroxyl groups excluding tert-OH is 1. The van der Waals surface area contributed by atoms with E-state index in [0.29, 0.717) is 75.1 Å². The number of carbonyl (C=O) groups excluding carboxylic acids is 4. The molecule has 5 aromatic rings. The molecule has 111 heavy (non-hydrogen) atoms. The first-order valence-corrected chi connectivity index (χ1v) is 43.8. The zero-order valence-electron chi connectivity index (χ0n) is 64.3. The number of benzene rings is 4. The van der Waals surface area contributed by atoms with Gasteiger partial charge >= 0.3 is 5.51 Å². The van der Waals surface area contributed by atoms with E-state index in [9.17, 15) is 67.5 Å². The monoisotopic (exact) mass is 1620 g/mol. The molecule has 1 aromatic heterocycles. The standard InChI is InChI=1S/C81H106F6N10O10S4/c1-54-69(109-53-89-54)56-18-19-57(46-88-72(100)66-43-61(98)48-97(66)73(101)70(76(2,3)4)91-75(102)80(84)29-30-80)67(42-56)107-41-15-10-8-7-9-14-31-93-33-35-94(36-34-93)32-27-59(49-108-62-16-12-11-13-17-62)90-65-25-24-63(44-68(65)110(103,104)81(85,86)87)111(105,106)92-71(99)55-20-22-60(23-21-55)96-39-37-95(38-40-96)47-58-26-28-77(5,6)45-64(58)78-50-79(51-78,52-78)74(82)83/h11-13,16-25,42,44,53,59,61,66,70,74,90,98H,7-10,14-15,26-41,43,45-52H2,1-6H3,(H,88,100)(H,91,102)(H,92,99)/t59-,61-,66+,70-,78?,79?/m1/s1. The minimum absolute atomic E-state index is 0.00264. The summed E-state index contributed by atoms with van der Waals surface area (Å²) in [6.07, 6.45) is 7.79. The van der Waals surface area contributed by atoms with Crippen LogP contribution >= 0.6 is 23.1 Å². The lowest BCUT2D eigenvalue weighted by Gasteiger charge is -2.72. The highest BCUT2D eigenvalue weighted by atomic mass is 32.2. The lowest BCUT2D eigenvalue weighted by molar-refractivity contribution is -0.250. The highest BCUT2D eigenvalue weighted by molar-refractivity contribution is 7.99. The van der Waals surface area contributed by atoms with Gasteiger partial charge in [-0.05, 0) is 167 Å². The Kier molecular flexibility index (Phi) is 25.9. The number of allylic oxidation sites excluding steroid dienone is 1. The predicted octanol–water partition coefficient (Wildman–Crippen LogP) is 13.2. The number of thioether (sulfide) groups is 1. The van der Waals surface area contributed by atoms with E-state index in [-0.39, 0.29) is 48.7 Å².